The summed E-state index contributed by atoms with van der Waals surface area (Å²) in [4.78, 5) is 0. The van der Waals surface area contributed by atoms with Crippen LogP contribution in [0.5, 0.6) is 0 Å². The Kier molecular flexibility index (Phi) is 3.31. The Bertz CT molecular complexity index is 358. The van der Waals surface area contributed by atoms with Crippen molar-refractivity contribution in [1.29, 1.82) is 0 Å². The molecule has 0 amide bonds. The van der Waals surface area contributed by atoms with Crippen molar-refractivity contribution in [3.8, 4) is 0 Å². The summed E-state index contributed by atoms with van der Waals surface area (Å²) in [5.74, 6) is 0.559. The van der Waals surface area contributed by atoms with Crippen molar-refractivity contribution in [3.63, 3.8) is 0 Å². The van der Waals surface area contributed by atoms with Crippen LogP contribution in [0.1, 0.15) is 24.5 Å². The molecule has 0 saturated carbocycles. The molecule has 1 unspecified atom stereocenters. The molecule has 2 heteroatoms. The van der Waals surface area contributed by atoms with Gasteiger partial charge in [0.15, 0.2) is 0 Å². The van der Waals surface area contributed by atoms with Crippen LogP contribution in [0.3, 0.4) is 0 Å². The molecule has 16 heavy (non-hydrogen) atoms. The zero-order valence-corrected chi connectivity index (χ0v) is 10.2. The van der Waals surface area contributed by atoms with Crippen LogP contribution in [-0.4, -0.2) is 19.8 Å². The summed E-state index contributed by atoms with van der Waals surface area (Å²) in [7, 11) is 0. The highest BCUT2D eigenvalue weighted by Gasteiger charge is 2.41. The fourth-order valence-electron chi connectivity index (χ4n) is 2.65. The van der Waals surface area contributed by atoms with Gasteiger partial charge in [-0.15, -0.1) is 0 Å². The van der Waals surface area contributed by atoms with E-state index in [9.17, 15) is 0 Å². The number of benzene rings is 1. The Hall–Kier alpha value is -0.860. The smallest absolute Gasteiger partial charge is 0.0585 e. The molecule has 1 aromatic rings. The lowest BCUT2D eigenvalue weighted by Gasteiger charge is -2.44. The van der Waals surface area contributed by atoms with Crippen molar-refractivity contribution < 1.29 is 4.74 Å². The highest BCUT2D eigenvalue weighted by molar-refractivity contribution is 5.35. The van der Waals surface area contributed by atoms with Gasteiger partial charge in [0, 0.05) is 5.41 Å². The summed E-state index contributed by atoms with van der Waals surface area (Å²) in [6.45, 7) is 6.86. The van der Waals surface area contributed by atoms with Crippen molar-refractivity contribution >= 4 is 0 Å². The minimum atomic E-state index is 0.226. The zero-order chi connectivity index (χ0) is 11.6. The van der Waals surface area contributed by atoms with Gasteiger partial charge in [-0.25, -0.2) is 0 Å². The van der Waals surface area contributed by atoms with E-state index in [1.165, 1.54) is 11.1 Å². The maximum Gasteiger partial charge on any atom is 0.0585 e. The summed E-state index contributed by atoms with van der Waals surface area (Å²) in [6, 6.07) is 8.64. The van der Waals surface area contributed by atoms with Crippen molar-refractivity contribution in [3.05, 3.63) is 35.4 Å². The Labute approximate surface area is 97.8 Å². The van der Waals surface area contributed by atoms with Gasteiger partial charge in [-0.05, 0) is 36.9 Å². The van der Waals surface area contributed by atoms with Crippen LogP contribution in [0, 0.1) is 12.8 Å². The van der Waals surface area contributed by atoms with Crippen molar-refractivity contribution in [1.82, 2.24) is 0 Å². The van der Waals surface area contributed by atoms with Crippen molar-refractivity contribution in [2.45, 2.75) is 25.7 Å². The van der Waals surface area contributed by atoms with Gasteiger partial charge in [0.05, 0.1) is 13.2 Å². The van der Waals surface area contributed by atoms with Crippen LogP contribution in [-0.2, 0) is 10.2 Å². The summed E-state index contributed by atoms with van der Waals surface area (Å²) in [5.41, 5.74) is 8.78. The summed E-state index contributed by atoms with van der Waals surface area (Å²) < 4.78 is 5.45. The lowest BCUT2D eigenvalue weighted by atomic mass is 9.71. The molecule has 1 fully saturated rings. The summed E-state index contributed by atoms with van der Waals surface area (Å²) >= 11 is 0. The monoisotopic (exact) mass is 219 g/mol. The molecule has 1 aliphatic heterocycles. The maximum atomic E-state index is 5.73. The standard InChI is InChI=1S/C14H21NO/c1-11(8-15)7-14(9-16-10-14)13-6-4-3-5-12(13)2/h3-6,11H,7-10,15H2,1-2H3. The number of aryl methyl sites for hydroxylation is 1. The molecule has 2 nitrogen and oxygen atoms in total. The van der Waals surface area contributed by atoms with Crippen LogP contribution in [0.15, 0.2) is 24.3 Å². The van der Waals surface area contributed by atoms with Crippen LogP contribution in [0.4, 0.5) is 0 Å². The number of ether oxygens (including phenoxy) is 1. The van der Waals surface area contributed by atoms with Crippen molar-refractivity contribution in [2.75, 3.05) is 19.8 Å². The molecule has 2 rings (SSSR count). The molecule has 88 valence electrons. The zero-order valence-electron chi connectivity index (χ0n) is 10.2. The van der Waals surface area contributed by atoms with Gasteiger partial charge >= 0.3 is 0 Å². The SMILES string of the molecule is Cc1ccccc1C1(CC(C)CN)COC1. The molecule has 2 N–H and O–H groups in total. The molecule has 0 bridgehead atoms. The largest absolute Gasteiger partial charge is 0.379 e. The second-order valence-corrected chi connectivity index (χ2v) is 5.13. The number of hydrogen-bond acceptors (Lipinski definition) is 2. The summed E-state index contributed by atoms with van der Waals surface area (Å²) in [5, 5.41) is 0. The van der Waals surface area contributed by atoms with E-state index in [1.54, 1.807) is 0 Å². The minimum Gasteiger partial charge on any atom is -0.379 e. The number of nitrogens with two attached hydrogens (primary N) is 1. The van der Waals surface area contributed by atoms with Crippen LogP contribution < -0.4 is 5.73 Å². The van der Waals surface area contributed by atoms with E-state index < -0.39 is 0 Å². The van der Waals surface area contributed by atoms with Gasteiger partial charge in [-0.1, -0.05) is 31.2 Å². The highest BCUT2D eigenvalue weighted by Crippen LogP contribution is 2.39. The topological polar surface area (TPSA) is 35.2 Å². The third-order valence-electron chi connectivity index (χ3n) is 3.61. The van der Waals surface area contributed by atoms with Crippen molar-refractivity contribution in [2.24, 2.45) is 11.7 Å². The molecule has 1 saturated heterocycles. The molecule has 1 aromatic carbocycles. The molecule has 1 aliphatic rings. The minimum absolute atomic E-state index is 0.226. The average molecular weight is 219 g/mol. The molecule has 1 heterocycles. The van der Waals surface area contributed by atoms with Gasteiger partial charge in [-0.3, -0.25) is 0 Å². The second-order valence-electron chi connectivity index (χ2n) is 5.13. The van der Waals surface area contributed by atoms with Crippen LogP contribution in [0.2, 0.25) is 0 Å². The molecular formula is C14H21NO. The lowest BCUT2D eigenvalue weighted by Crippen LogP contribution is -2.48. The van der Waals surface area contributed by atoms with Gasteiger partial charge in [0.2, 0.25) is 0 Å². The van der Waals surface area contributed by atoms with E-state index in [-0.39, 0.29) is 5.41 Å². The predicted octanol–water partition coefficient (Wildman–Crippen LogP) is 2.25. The fourth-order valence-corrected chi connectivity index (χ4v) is 2.65. The summed E-state index contributed by atoms with van der Waals surface area (Å²) in [6.07, 6.45) is 1.13. The molecule has 0 radical (unpaired) electrons. The molecular weight excluding hydrogens is 198 g/mol. The fraction of sp³-hybridized carbons (Fsp3) is 0.571. The normalized spacial score (nSPS) is 20.2. The molecule has 0 aromatic heterocycles. The van der Waals surface area contributed by atoms with E-state index in [1.807, 2.05) is 0 Å². The predicted molar refractivity (Wildman–Crippen MR) is 66.5 cm³/mol. The van der Waals surface area contributed by atoms with Gasteiger partial charge in [0.1, 0.15) is 0 Å². The van der Waals surface area contributed by atoms with E-state index in [0.717, 1.165) is 26.2 Å². The van der Waals surface area contributed by atoms with E-state index >= 15 is 0 Å². The average Bonchev–Trinajstić information content (AvgIpc) is 2.24. The Morgan fingerprint density at radius 1 is 1.38 bits per heavy atom. The lowest BCUT2D eigenvalue weighted by molar-refractivity contribution is -0.0704. The van der Waals surface area contributed by atoms with Gasteiger partial charge in [-0.2, -0.15) is 0 Å². The molecule has 1 atom stereocenters. The van der Waals surface area contributed by atoms with Gasteiger partial charge < -0.3 is 10.5 Å². The second kappa shape index (κ2) is 4.56. The number of rotatable bonds is 4. The van der Waals surface area contributed by atoms with Crippen LogP contribution >= 0.6 is 0 Å². The Morgan fingerprint density at radius 2 is 2.06 bits per heavy atom. The molecule has 0 spiro atoms. The Balaban J connectivity index is 2.25. The first-order chi connectivity index (χ1) is 7.68. The maximum absolute atomic E-state index is 5.73. The number of hydrogen-bond donors (Lipinski definition) is 1. The van der Waals surface area contributed by atoms with E-state index in [4.69, 9.17) is 10.5 Å². The first-order valence-corrected chi connectivity index (χ1v) is 6.02. The van der Waals surface area contributed by atoms with Gasteiger partial charge in [0.25, 0.3) is 0 Å². The third-order valence-corrected chi connectivity index (χ3v) is 3.61. The molecule has 0 aliphatic carbocycles. The quantitative estimate of drug-likeness (QED) is 0.843. The van der Waals surface area contributed by atoms with E-state index in [2.05, 4.69) is 38.1 Å². The van der Waals surface area contributed by atoms with E-state index in [0.29, 0.717) is 5.92 Å². The highest BCUT2D eigenvalue weighted by atomic mass is 16.5. The first kappa shape index (κ1) is 11.6. The third kappa shape index (κ3) is 2.00. The Morgan fingerprint density at radius 3 is 2.56 bits per heavy atom. The van der Waals surface area contributed by atoms with Crippen LogP contribution in [0.25, 0.3) is 0 Å². The first-order valence-electron chi connectivity index (χ1n) is 6.02.